The van der Waals surface area contributed by atoms with Crippen molar-refractivity contribution in [3.63, 3.8) is 0 Å². The molecule has 9 atom stereocenters. The molecule has 0 saturated carbocycles. The minimum Gasteiger partial charge on any atom is -0.462 e. The molecule has 1 aromatic heterocycles. The molecule has 74 heavy (non-hydrogen) atoms. The van der Waals surface area contributed by atoms with E-state index in [1.807, 2.05) is 18.2 Å². The Morgan fingerprint density at radius 3 is 2.03 bits per heavy atom. The summed E-state index contributed by atoms with van der Waals surface area (Å²) in [6, 6.07) is 1.24. The molecule has 0 bridgehead atoms. The molecular formula is C53H91N3O16P2. The Labute approximate surface area is 440 Å². The molecule has 0 aromatic carbocycles. The number of aromatic nitrogens is 2. The first-order valence-electron chi connectivity index (χ1n) is 27.2. The number of aliphatic hydroxyl groups is 3. The van der Waals surface area contributed by atoms with E-state index in [1.54, 1.807) is 18.2 Å². The zero-order valence-electron chi connectivity index (χ0n) is 44.4. The fourth-order valence-electron chi connectivity index (χ4n) is 7.89. The molecule has 1 saturated heterocycles. The van der Waals surface area contributed by atoms with Gasteiger partial charge in [0.05, 0.1) is 19.3 Å². The van der Waals surface area contributed by atoms with E-state index in [-0.39, 0.29) is 18.7 Å². The van der Waals surface area contributed by atoms with Crippen molar-refractivity contribution in [3.8, 4) is 0 Å². The maximum absolute atomic E-state index is 12.9. The molecule has 0 radical (unpaired) electrons. The molecule has 2 rings (SSSR count). The maximum atomic E-state index is 12.9. The second kappa shape index (κ2) is 40.0. The maximum Gasteiger partial charge on any atom is 0.481 e. The summed E-state index contributed by atoms with van der Waals surface area (Å²) in [5, 5.41) is 31.1. The average Bonchev–Trinajstić information content (AvgIpc) is 3.63. The number of aliphatic hydroxyl groups excluding tert-OH is 3. The van der Waals surface area contributed by atoms with Gasteiger partial charge in [-0.25, -0.2) is 13.9 Å². The van der Waals surface area contributed by atoms with Crippen molar-refractivity contribution in [1.29, 1.82) is 0 Å². The Balaban J connectivity index is 1.82. The van der Waals surface area contributed by atoms with Crippen LogP contribution in [0.4, 0.5) is 5.82 Å². The third-order valence-electron chi connectivity index (χ3n) is 12.5. The summed E-state index contributed by atoms with van der Waals surface area (Å²) in [6.07, 6.45) is 33.5. The number of phosphoric ester groups is 2. The quantitative estimate of drug-likeness (QED) is 0.0116. The van der Waals surface area contributed by atoms with E-state index in [1.165, 1.54) is 96.0 Å². The van der Waals surface area contributed by atoms with Gasteiger partial charge in [0.2, 0.25) is 0 Å². The van der Waals surface area contributed by atoms with Crippen LogP contribution in [-0.4, -0.2) is 96.9 Å². The number of nitrogens with two attached hydrogens (primary N) is 1. The lowest BCUT2D eigenvalue weighted by Crippen LogP contribution is -2.36. The zero-order chi connectivity index (χ0) is 54.5. The fraction of sp³-hybridized carbons (Fsp3) is 0.736. The van der Waals surface area contributed by atoms with E-state index < -0.39 is 89.8 Å². The van der Waals surface area contributed by atoms with E-state index in [9.17, 15) is 48.6 Å². The summed E-state index contributed by atoms with van der Waals surface area (Å²) >= 11 is 0. The summed E-state index contributed by atoms with van der Waals surface area (Å²) in [7, 11) is -10.9. The number of hydrogen-bond donors (Lipinski definition) is 6. The van der Waals surface area contributed by atoms with Gasteiger partial charge in [0, 0.05) is 19.0 Å². The second-order valence-corrected chi connectivity index (χ2v) is 22.2. The van der Waals surface area contributed by atoms with Gasteiger partial charge in [-0.15, -0.1) is 0 Å². The molecule has 2 heterocycles. The van der Waals surface area contributed by atoms with Crippen LogP contribution in [0.2, 0.25) is 0 Å². The summed E-state index contributed by atoms with van der Waals surface area (Å²) in [4.78, 5) is 62.0. The van der Waals surface area contributed by atoms with E-state index in [0.717, 1.165) is 55.2 Å². The molecule has 1 fully saturated rings. The van der Waals surface area contributed by atoms with Gasteiger partial charge in [-0.2, -0.15) is 9.29 Å². The van der Waals surface area contributed by atoms with Crippen LogP contribution >= 0.6 is 15.6 Å². The SMILES string of the molecule is CCCCC/C=C\C/C=C\CC(O)/C=C\C=C\CCCC(=O)O[C@H](COC(=O)CCCCCCCCCCCCCCCCC(C)CC)COP(=O)(O)OP(=O)(O)OC[C@H]1O[C@@H](n2ccc(N)nc2=O)[C@H](O)[C@@H]1O. The summed E-state index contributed by atoms with van der Waals surface area (Å²) < 4.78 is 56.8. The lowest BCUT2D eigenvalue weighted by Gasteiger charge is -2.21. The molecule has 21 heteroatoms. The molecule has 1 aromatic rings. The number of rotatable bonds is 44. The molecule has 19 nitrogen and oxygen atoms in total. The van der Waals surface area contributed by atoms with Crippen LogP contribution in [0, 0.1) is 5.92 Å². The topological polar surface area (TPSA) is 286 Å². The molecule has 4 unspecified atom stereocenters. The Kier molecular flexibility index (Phi) is 36.1. The van der Waals surface area contributed by atoms with Crippen LogP contribution in [0.25, 0.3) is 0 Å². The van der Waals surface area contributed by atoms with Crippen LogP contribution in [0.3, 0.4) is 0 Å². The van der Waals surface area contributed by atoms with Crippen LogP contribution in [0.15, 0.2) is 65.7 Å². The normalized spacial score (nSPS) is 20.1. The predicted molar refractivity (Wildman–Crippen MR) is 285 cm³/mol. The van der Waals surface area contributed by atoms with Gasteiger partial charge in [-0.1, -0.05) is 179 Å². The number of nitrogen functional groups attached to an aromatic ring is 1. The van der Waals surface area contributed by atoms with Gasteiger partial charge in [0.1, 0.15) is 30.7 Å². The summed E-state index contributed by atoms with van der Waals surface area (Å²) in [5.41, 5.74) is 4.58. The molecule has 7 N–H and O–H groups in total. The van der Waals surface area contributed by atoms with Gasteiger partial charge >= 0.3 is 33.3 Å². The number of allylic oxidation sites excluding steroid dienone is 6. The highest BCUT2D eigenvalue weighted by Gasteiger charge is 2.46. The molecule has 0 spiro atoms. The first-order valence-corrected chi connectivity index (χ1v) is 30.1. The minimum atomic E-state index is -5.46. The molecular weight excluding hydrogens is 997 g/mol. The molecule has 1 aliphatic heterocycles. The van der Waals surface area contributed by atoms with Crippen molar-refractivity contribution in [3.05, 3.63) is 71.4 Å². The van der Waals surface area contributed by atoms with Crippen molar-refractivity contribution in [2.24, 2.45) is 5.92 Å². The monoisotopic (exact) mass is 1090 g/mol. The zero-order valence-corrected chi connectivity index (χ0v) is 46.2. The Hall–Kier alpha value is -3.32. The van der Waals surface area contributed by atoms with E-state index in [4.69, 9.17) is 29.0 Å². The molecule has 0 aliphatic carbocycles. The van der Waals surface area contributed by atoms with Gasteiger partial charge in [-0.3, -0.25) is 23.2 Å². The first-order chi connectivity index (χ1) is 35.5. The third-order valence-corrected chi connectivity index (χ3v) is 15.1. The van der Waals surface area contributed by atoms with Gasteiger partial charge in [-0.05, 0) is 56.9 Å². The Morgan fingerprint density at radius 2 is 1.38 bits per heavy atom. The average molecular weight is 1090 g/mol. The Morgan fingerprint density at radius 1 is 0.770 bits per heavy atom. The van der Waals surface area contributed by atoms with E-state index in [0.29, 0.717) is 25.7 Å². The highest BCUT2D eigenvalue weighted by molar-refractivity contribution is 7.61. The number of carbonyl (C=O) groups is 2. The number of carbonyl (C=O) groups excluding carboxylic acids is 2. The van der Waals surface area contributed by atoms with E-state index >= 15 is 0 Å². The van der Waals surface area contributed by atoms with Crippen molar-refractivity contribution >= 4 is 33.4 Å². The van der Waals surface area contributed by atoms with E-state index in [2.05, 4.69) is 42.2 Å². The fourth-order valence-corrected chi connectivity index (χ4v) is 10.0. The number of hydrogen-bond acceptors (Lipinski definition) is 16. The van der Waals surface area contributed by atoms with Crippen LogP contribution in [0.5, 0.6) is 0 Å². The predicted octanol–water partition coefficient (Wildman–Crippen LogP) is 10.6. The van der Waals surface area contributed by atoms with Crippen LogP contribution < -0.4 is 11.4 Å². The first kappa shape index (κ1) is 66.8. The highest BCUT2D eigenvalue weighted by Crippen LogP contribution is 2.60. The second-order valence-electron chi connectivity index (χ2n) is 19.2. The number of esters is 2. The smallest absolute Gasteiger partial charge is 0.462 e. The number of nitrogens with zero attached hydrogens (tertiary/aromatic N) is 2. The molecule has 0 amide bonds. The molecule has 1 aliphatic rings. The van der Waals surface area contributed by atoms with Gasteiger partial charge in [0.15, 0.2) is 12.3 Å². The van der Waals surface area contributed by atoms with Crippen molar-refractivity contribution in [1.82, 2.24) is 9.55 Å². The lowest BCUT2D eigenvalue weighted by atomic mass is 9.99. The van der Waals surface area contributed by atoms with Crippen LogP contribution in [0.1, 0.15) is 194 Å². The lowest BCUT2D eigenvalue weighted by molar-refractivity contribution is -0.161. The number of ether oxygens (including phenoxy) is 3. The van der Waals surface area contributed by atoms with Crippen LogP contribution in [-0.2, 0) is 46.3 Å². The van der Waals surface area contributed by atoms with Gasteiger partial charge < -0.3 is 45.1 Å². The van der Waals surface area contributed by atoms with Crippen molar-refractivity contribution < 1.29 is 71.4 Å². The minimum absolute atomic E-state index is 0.0845. The number of unbranched alkanes of at least 4 members (excludes halogenated alkanes) is 17. The Bertz CT molecular complexity index is 1960. The number of phosphoric acid groups is 2. The third kappa shape index (κ3) is 32.3. The number of anilines is 1. The molecule has 424 valence electrons. The van der Waals surface area contributed by atoms with Crippen molar-refractivity contribution in [2.45, 2.75) is 224 Å². The van der Waals surface area contributed by atoms with Crippen molar-refractivity contribution in [2.75, 3.05) is 25.6 Å². The standard InChI is InChI=1S/C53H91N3O16P2/c1-4-6-7-8-9-16-20-24-29-34-44(57)35-30-25-22-27-32-37-49(59)70-45(40-67-48(58)36-31-26-21-18-15-13-11-10-12-14-17-19-23-28-33-43(3)5-2)41-68-73(63,64)72-74(65,66)69-42-46-50(60)51(61)52(71-46)56-39-38-47(54)55-53(56)62/h9,16,22,24-25,29-30,35,38-39,43-46,50-52,57,60-61H,4-8,10-15,17-21,23,26-28,31-34,36-37,40-42H2,1-3H3,(H,63,64)(H,65,66)(H2,54,55,62)/b16-9-,25-22+,29-24-,35-30-/t43?,44?,45-,46-,50-,51-,52-/m1/s1. The van der Waals surface area contributed by atoms with Gasteiger partial charge in [0.25, 0.3) is 0 Å². The summed E-state index contributed by atoms with van der Waals surface area (Å²) in [5.74, 6) is -0.588. The largest absolute Gasteiger partial charge is 0.481 e. The highest BCUT2D eigenvalue weighted by atomic mass is 31.3. The summed E-state index contributed by atoms with van der Waals surface area (Å²) in [6.45, 7) is 4.36.